The van der Waals surface area contributed by atoms with Crippen molar-refractivity contribution in [3.8, 4) is 0 Å². The molecule has 1 fully saturated rings. The summed E-state index contributed by atoms with van der Waals surface area (Å²) in [6.07, 6.45) is 1.44. The topological polar surface area (TPSA) is 86.8 Å². The molecule has 1 aliphatic rings. The third kappa shape index (κ3) is 5.75. The van der Waals surface area contributed by atoms with E-state index in [0.29, 0.717) is 19.5 Å². The molecule has 0 radical (unpaired) electrons. The second-order valence-electron chi connectivity index (χ2n) is 6.34. The number of hydrogen-bond donors (Lipinski definition) is 1. The molecule has 0 spiro atoms. The first-order valence-corrected chi connectivity index (χ1v) is 11.6. The Balaban J connectivity index is 1.99. The van der Waals surface area contributed by atoms with Crippen molar-refractivity contribution in [3.05, 3.63) is 29.8 Å². The molecule has 0 aliphatic carbocycles. The fourth-order valence-corrected chi connectivity index (χ4v) is 5.18. The number of rotatable bonds is 8. The van der Waals surface area contributed by atoms with Gasteiger partial charge in [-0.05, 0) is 31.2 Å². The fraction of sp³-hybridized carbons (Fsp3) is 0.625. The van der Waals surface area contributed by atoms with Crippen LogP contribution >= 0.6 is 0 Å². The van der Waals surface area contributed by atoms with Crippen molar-refractivity contribution in [3.63, 3.8) is 0 Å². The summed E-state index contributed by atoms with van der Waals surface area (Å²) >= 11 is 0. The Morgan fingerprint density at radius 2 is 1.60 bits per heavy atom. The van der Waals surface area contributed by atoms with E-state index in [4.69, 9.17) is 0 Å². The molecule has 9 heteroatoms. The van der Waals surface area contributed by atoms with E-state index in [1.54, 1.807) is 24.3 Å². The summed E-state index contributed by atoms with van der Waals surface area (Å²) in [6.45, 7) is 4.51. The van der Waals surface area contributed by atoms with Crippen molar-refractivity contribution in [2.75, 3.05) is 39.0 Å². The van der Waals surface area contributed by atoms with Gasteiger partial charge in [0.05, 0.1) is 10.6 Å². The Labute approximate surface area is 151 Å². The van der Waals surface area contributed by atoms with E-state index in [2.05, 4.69) is 9.62 Å². The van der Waals surface area contributed by atoms with Crippen LogP contribution in [0.25, 0.3) is 0 Å². The van der Waals surface area contributed by atoms with Crippen LogP contribution in [-0.4, -0.2) is 65.0 Å². The summed E-state index contributed by atoms with van der Waals surface area (Å²) < 4.78 is 52.9. The van der Waals surface area contributed by atoms with Crippen LogP contribution < -0.4 is 4.72 Å². The molecule has 0 unspecified atom stereocenters. The highest BCUT2D eigenvalue weighted by atomic mass is 32.2. The molecule has 1 saturated heterocycles. The summed E-state index contributed by atoms with van der Waals surface area (Å²) in [5, 5.41) is 0. The predicted octanol–water partition coefficient (Wildman–Crippen LogP) is 0.842. The molecule has 0 atom stereocenters. The van der Waals surface area contributed by atoms with Crippen LogP contribution in [0.4, 0.5) is 0 Å². The molecule has 1 heterocycles. The molecule has 1 aromatic rings. The smallest absolute Gasteiger partial charge is 0.243 e. The normalized spacial score (nSPS) is 17.7. The maximum atomic E-state index is 12.6. The van der Waals surface area contributed by atoms with E-state index >= 15 is 0 Å². The first-order valence-electron chi connectivity index (χ1n) is 8.49. The van der Waals surface area contributed by atoms with Crippen LogP contribution in [0.15, 0.2) is 29.2 Å². The van der Waals surface area contributed by atoms with Gasteiger partial charge in [-0.1, -0.05) is 25.5 Å². The third-order valence-corrected chi connectivity index (χ3v) is 7.61. The Morgan fingerprint density at radius 3 is 2.16 bits per heavy atom. The molecule has 2 rings (SSSR count). The van der Waals surface area contributed by atoms with Gasteiger partial charge in [-0.3, -0.25) is 0 Å². The van der Waals surface area contributed by atoms with Crippen LogP contribution in [0.3, 0.4) is 0 Å². The second kappa shape index (κ2) is 8.59. The summed E-state index contributed by atoms with van der Waals surface area (Å²) in [7, 11) is -4.80. The Bertz CT molecular complexity index is 753. The number of piperazine rings is 1. The van der Waals surface area contributed by atoms with E-state index in [0.717, 1.165) is 25.1 Å². The van der Waals surface area contributed by atoms with E-state index in [9.17, 15) is 16.8 Å². The zero-order valence-electron chi connectivity index (χ0n) is 14.8. The maximum absolute atomic E-state index is 12.6. The molecule has 1 aromatic carbocycles. The van der Waals surface area contributed by atoms with Crippen LogP contribution in [0, 0.1) is 0 Å². The van der Waals surface area contributed by atoms with Gasteiger partial charge in [0.2, 0.25) is 20.0 Å². The van der Waals surface area contributed by atoms with Gasteiger partial charge in [0.25, 0.3) is 0 Å². The number of likely N-dealkylation sites (N-methyl/N-ethyl adjacent to an activating group) is 1. The number of sulfonamides is 2. The van der Waals surface area contributed by atoms with Gasteiger partial charge in [-0.25, -0.2) is 21.6 Å². The Hall–Kier alpha value is -1.00. The van der Waals surface area contributed by atoms with E-state index in [1.807, 2.05) is 14.0 Å². The van der Waals surface area contributed by atoms with Gasteiger partial charge >= 0.3 is 0 Å². The first-order chi connectivity index (χ1) is 11.7. The minimum absolute atomic E-state index is 0.110. The molecular weight excluding hydrogens is 362 g/mol. The lowest BCUT2D eigenvalue weighted by Crippen LogP contribution is -2.47. The molecule has 1 aliphatic heterocycles. The number of hydrogen-bond acceptors (Lipinski definition) is 5. The standard InChI is InChI=1S/C16H27N3O4S2/c1-3-4-13-24(20,21)17-14-15-5-7-16(8-6-15)25(22,23)19-11-9-18(2)10-12-19/h5-8,17H,3-4,9-14H2,1-2H3. The van der Waals surface area contributed by atoms with Gasteiger partial charge in [0.1, 0.15) is 0 Å². The largest absolute Gasteiger partial charge is 0.304 e. The number of benzene rings is 1. The lowest BCUT2D eigenvalue weighted by molar-refractivity contribution is 0.222. The van der Waals surface area contributed by atoms with Crippen LogP contribution in [-0.2, 0) is 26.6 Å². The molecule has 0 saturated carbocycles. The van der Waals surface area contributed by atoms with Crippen molar-refractivity contribution in [1.29, 1.82) is 0 Å². The molecule has 0 amide bonds. The summed E-state index contributed by atoms with van der Waals surface area (Å²) in [5.74, 6) is 0.110. The second-order valence-corrected chi connectivity index (χ2v) is 10.2. The lowest BCUT2D eigenvalue weighted by Gasteiger charge is -2.31. The maximum Gasteiger partial charge on any atom is 0.243 e. The zero-order valence-corrected chi connectivity index (χ0v) is 16.4. The molecular formula is C16H27N3O4S2. The van der Waals surface area contributed by atoms with Gasteiger partial charge in [-0.15, -0.1) is 0 Å². The van der Waals surface area contributed by atoms with E-state index < -0.39 is 20.0 Å². The highest BCUT2D eigenvalue weighted by molar-refractivity contribution is 7.89. The summed E-state index contributed by atoms with van der Waals surface area (Å²) in [4.78, 5) is 2.34. The van der Waals surface area contributed by atoms with Crippen molar-refractivity contribution >= 4 is 20.0 Å². The van der Waals surface area contributed by atoms with E-state index in [-0.39, 0.29) is 17.2 Å². The van der Waals surface area contributed by atoms with Gasteiger partial charge in [0.15, 0.2) is 0 Å². The number of unbranched alkanes of at least 4 members (excludes halogenated alkanes) is 1. The zero-order chi connectivity index (χ0) is 18.5. The van der Waals surface area contributed by atoms with Crippen molar-refractivity contribution in [2.45, 2.75) is 31.2 Å². The van der Waals surface area contributed by atoms with Gasteiger partial charge in [-0.2, -0.15) is 4.31 Å². The van der Waals surface area contributed by atoms with E-state index in [1.165, 1.54) is 4.31 Å². The predicted molar refractivity (Wildman–Crippen MR) is 98.2 cm³/mol. The number of nitrogens with zero attached hydrogens (tertiary/aromatic N) is 2. The minimum atomic E-state index is -3.49. The van der Waals surface area contributed by atoms with Crippen LogP contribution in [0.2, 0.25) is 0 Å². The molecule has 0 bridgehead atoms. The average molecular weight is 390 g/mol. The highest BCUT2D eigenvalue weighted by Crippen LogP contribution is 2.18. The molecule has 1 N–H and O–H groups in total. The quantitative estimate of drug-likeness (QED) is 0.712. The highest BCUT2D eigenvalue weighted by Gasteiger charge is 2.27. The Kier molecular flexibility index (Phi) is 6.98. The number of nitrogens with one attached hydrogen (secondary N) is 1. The van der Waals surface area contributed by atoms with Crippen molar-refractivity contribution < 1.29 is 16.8 Å². The summed E-state index contributed by atoms with van der Waals surface area (Å²) in [6, 6.07) is 6.41. The monoisotopic (exact) mass is 389 g/mol. The molecule has 7 nitrogen and oxygen atoms in total. The first kappa shape index (κ1) is 20.3. The molecule has 142 valence electrons. The fourth-order valence-electron chi connectivity index (χ4n) is 2.56. The minimum Gasteiger partial charge on any atom is -0.304 e. The molecule has 0 aromatic heterocycles. The lowest BCUT2D eigenvalue weighted by atomic mass is 10.2. The average Bonchev–Trinajstić information content (AvgIpc) is 2.59. The van der Waals surface area contributed by atoms with Crippen LogP contribution in [0.5, 0.6) is 0 Å². The SMILES string of the molecule is CCCCS(=O)(=O)NCc1ccc(S(=O)(=O)N2CCN(C)CC2)cc1. The van der Waals surface area contributed by atoms with Crippen molar-refractivity contribution in [1.82, 2.24) is 13.9 Å². The third-order valence-electron chi connectivity index (χ3n) is 4.29. The van der Waals surface area contributed by atoms with Crippen LogP contribution in [0.1, 0.15) is 25.3 Å². The molecule has 25 heavy (non-hydrogen) atoms. The summed E-state index contributed by atoms with van der Waals surface area (Å²) in [5.41, 5.74) is 0.734. The van der Waals surface area contributed by atoms with Crippen molar-refractivity contribution in [2.24, 2.45) is 0 Å². The Morgan fingerprint density at radius 1 is 1.00 bits per heavy atom. The van der Waals surface area contributed by atoms with Gasteiger partial charge < -0.3 is 4.90 Å². The van der Waals surface area contributed by atoms with Gasteiger partial charge in [0, 0.05) is 32.7 Å².